The molecule has 0 aliphatic heterocycles. The summed E-state index contributed by atoms with van der Waals surface area (Å²) in [6, 6.07) is 3.40. The average molecular weight is 208 g/mol. The maximum atomic E-state index is 10.9. The molecule has 0 heterocycles. The SMILES string of the molecule is NC(=O)c1ccc(C(=O)O)c(C(N)=O)c1. The highest BCUT2D eigenvalue weighted by atomic mass is 16.4. The fourth-order valence-corrected chi connectivity index (χ4v) is 1.09. The van der Waals surface area contributed by atoms with Crippen LogP contribution in [0.3, 0.4) is 0 Å². The van der Waals surface area contributed by atoms with Gasteiger partial charge < -0.3 is 16.6 Å². The lowest BCUT2D eigenvalue weighted by Crippen LogP contribution is -2.19. The van der Waals surface area contributed by atoms with E-state index in [1.54, 1.807) is 0 Å². The van der Waals surface area contributed by atoms with Gasteiger partial charge in [0, 0.05) is 5.56 Å². The number of aromatic carboxylic acids is 1. The van der Waals surface area contributed by atoms with Gasteiger partial charge in [0.1, 0.15) is 0 Å². The molecular weight excluding hydrogens is 200 g/mol. The smallest absolute Gasteiger partial charge is 0.336 e. The van der Waals surface area contributed by atoms with Crippen LogP contribution in [-0.4, -0.2) is 22.9 Å². The van der Waals surface area contributed by atoms with E-state index in [9.17, 15) is 14.4 Å². The molecule has 0 aromatic heterocycles. The van der Waals surface area contributed by atoms with Gasteiger partial charge in [-0.15, -0.1) is 0 Å². The van der Waals surface area contributed by atoms with E-state index in [4.69, 9.17) is 16.6 Å². The molecule has 0 atom stereocenters. The quantitative estimate of drug-likeness (QED) is 0.624. The second kappa shape index (κ2) is 3.79. The highest BCUT2D eigenvalue weighted by Crippen LogP contribution is 2.11. The van der Waals surface area contributed by atoms with Gasteiger partial charge >= 0.3 is 5.97 Å². The summed E-state index contributed by atoms with van der Waals surface area (Å²) in [6.45, 7) is 0. The van der Waals surface area contributed by atoms with Gasteiger partial charge in [-0.2, -0.15) is 0 Å². The summed E-state index contributed by atoms with van der Waals surface area (Å²) in [5.74, 6) is -2.97. The van der Waals surface area contributed by atoms with Crippen LogP contribution in [-0.2, 0) is 0 Å². The minimum Gasteiger partial charge on any atom is -0.478 e. The molecule has 0 saturated heterocycles. The van der Waals surface area contributed by atoms with E-state index in [2.05, 4.69) is 0 Å². The first-order valence-electron chi connectivity index (χ1n) is 3.90. The van der Waals surface area contributed by atoms with Gasteiger partial charge in [-0.1, -0.05) is 0 Å². The van der Waals surface area contributed by atoms with Crippen LogP contribution in [0.2, 0.25) is 0 Å². The molecule has 0 bridgehead atoms. The summed E-state index contributed by atoms with van der Waals surface area (Å²) >= 11 is 0. The number of nitrogens with two attached hydrogens (primary N) is 2. The predicted molar refractivity (Wildman–Crippen MR) is 50.4 cm³/mol. The zero-order valence-corrected chi connectivity index (χ0v) is 7.56. The number of primary amides is 2. The van der Waals surface area contributed by atoms with Crippen LogP contribution >= 0.6 is 0 Å². The van der Waals surface area contributed by atoms with Crippen molar-refractivity contribution in [2.45, 2.75) is 0 Å². The van der Waals surface area contributed by atoms with Crippen molar-refractivity contribution in [2.24, 2.45) is 11.5 Å². The number of benzene rings is 1. The van der Waals surface area contributed by atoms with Gasteiger partial charge in [-0.05, 0) is 18.2 Å². The second-order valence-corrected chi connectivity index (χ2v) is 2.79. The van der Waals surface area contributed by atoms with Crippen molar-refractivity contribution in [2.75, 3.05) is 0 Å². The highest BCUT2D eigenvalue weighted by Gasteiger charge is 2.16. The van der Waals surface area contributed by atoms with E-state index in [0.29, 0.717) is 0 Å². The molecule has 0 saturated carbocycles. The molecule has 0 unspecified atom stereocenters. The molecule has 6 nitrogen and oxygen atoms in total. The Labute approximate surface area is 84.5 Å². The third-order valence-electron chi connectivity index (χ3n) is 1.80. The Kier molecular flexibility index (Phi) is 2.70. The molecule has 5 N–H and O–H groups in total. The third kappa shape index (κ3) is 2.11. The lowest BCUT2D eigenvalue weighted by atomic mass is 10.0. The minimum atomic E-state index is -1.29. The predicted octanol–water partition coefficient (Wildman–Crippen LogP) is -0.417. The minimum absolute atomic E-state index is 0.0359. The van der Waals surface area contributed by atoms with Crippen LogP contribution in [0.4, 0.5) is 0 Å². The monoisotopic (exact) mass is 208 g/mol. The van der Waals surface area contributed by atoms with E-state index in [1.165, 1.54) is 6.07 Å². The molecule has 1 rings (SSSR count). The fraction of sp³-hybridized carbons (Fsp3) is 0. The normalized spacial score (nSPS) is 9.60. The molecule has 0 radical (unpaired) electrons. The number of amides is 2. The lowest BCUT2D eigenvalue weighted by molar-refractivity contribution is 0.0691. The van der Waals surface area contributed by atoms with Crippen LogP contribution in [0.1, 0.15) is 31.1 Å². The van der Waals surface area contributed by atoms with Crippen LogP contribution in [0, 0.1) is 0 Å². The van der Waals surface area contributed by atoms with Gasteiger partial charge in [0.15, 0.2) is 0 Å². The van der Waals surface area contributed by atoms with Crippen molar-refractivity contribution in [3.63, 3.8) is 0 Å². The molecule has 1 aromatic rings. The average Bonchev–Trinajstić information content (AvgIpc) is 2.16. The van der Waals surface area contributed by atoms with E-state index < -0.39 is 17.8 Å². The number of carbonyl (C=O) groups excluding carboxylic acids is 2. The van der Waals surface area contributed by atoms with Gasteiger partial charge in [0.05, 0.1) is 11.1 Å². The molecule has 0 aliphatic rings. The van der Waals surface area contributed by atoms with Crippen molar-refractivity contribution in [3.8, 4) is 0 Å². The number of carboxylic acid groups (broad SMARTS) is 1. The molecule has 15 heavy (non-hydrogen) atoms. The third-order valence-corrected chi connectivity index (χ3v) is 1.80. The van der Waals surface area contributed by atoms with Crippen LogP contribution in [0.25, 0.3) is 0 Å². The summed E-state index contributed by atoms with van der Waals surface area (Å²) in [5, 5.41) is 8.72. The number of carbonyl (C=O) groups is 3. The Morgan fingerprint density at radius 3 is 2.00 bits per heavy atom. The summed E-state index contributed by atoms with van der Waals surface area (Å²) in [4.78, 5) is 32.4. The van der Waals surface area contributed by atoms with Crippen molar-refractivity contribution >= 4 is 17.8 Å². The molecule has 0 aliphatic carbocycles. The Balaban J connectivity index is 3.40. The zero-order valence-electron chi connectivity index (χ0n) is 7.56. The fourth-order valence-electron chi connectivity index (χ4n) is 1.09. The number of rotatable bonds is 3. The molecule has 1 aromatic carbocycles. The Bertz CT molecular complexity index is 453. The van der Waals surface area contributed by atoms with Crippen molar-refractivity contribution in [3.05, 3.63) is 34.9 Å². The number of hydrogen-bond donors (Lipinski definition) is 3. The first-order chi connectivity index (χ1) is 6.93. The largest absolute Gasteiger partial charge is 0.478 e. The van der Waals surface area contributed by atoms with E-state index in [0.717, 1.165) is 12.1 Å². The Hall–Kier alpha value is -2.37. The summed E-state index contributed by atoms with van der Waals surface area (Å²) < 4.78 is 0. The van der Waals surface area contributed by atoms with Crippen molar-refractivity contribution in [1.29, 1.82) is 0 Å². The summed E-state index contributed by atoms with van der Waals surface area (Å²) in [6.07, 6.45) is 0. The summed E-state index contributed by atoms with van der Waals surface area (Å²) in [5.41, 5.74) is 9.48. The van der Waals surface area contributed by atoms with E-state index in [1.807, 2.05) is 0 Å². The van der Waals surface area contributed by atoms with Gasteiger partial charge in [-0.25, -0.2) is 4.79 Å². The molecule has 0 fully saturated rings. The van der Waals surface area contributed by atoms with Crippen LogP contribution in [0.15, 0.2) is 18.2 Å². The lowest BCUT2D eigenvalue weighted by Gasteiger charge is -2.03. The van der Waals surface area contributed by atoms with Crippen molar-refractivity contribution < 1.29 is 19.5 Å². The number of carboxylic acids is 1. The molecular formula is C9H8N2O4. The first kappa shape index (κ1) is 10.7. The maximum Gasteiger partial charge on any atom is 0.336 e. The molecule has 2 amide bonds. The van der Waals surface area contributed by atoms with Gasteiger partial charge in [0.2, 0.25) is 11.8 Å². The zero-order chi connectivity index (χ0) is 11.6. The maximum absolute atomic E-state index is 10.9. The first-order valence-corrected chi connectivity index (χ1v) is 3.90. The second-order valence-electron chi connectivity index (χ2n) is 2.79. The number of hydrogen-bond acceptors (Lipinski definition) is 3. The molecule has 78 valence electrons. The highest BCUT2D eigenvalue weighted by molar-refractivity contribution is 6.06. The Morgan fingerprint density at radius 2 is 1.60 bits per heavy atom. The summed E-state index contributed by atoms with van der Waals surface area (Å²) in [7, 11) is 0. The van der Waals surface area contributed by atoms with E-state index >= 15 is 0 Å². The van der Waals surface area contributed by atoms with E-state index in [-0.39, 0.29) is 16.7 Å². The molecule has 0 spiro atoms. The van der Waals surface area contributed by atoms with Crippen LogP contribution < -0.4 is 11.5 Å². The van der Waals surface area contributed by atoms with Crippen LogP contribution in [0.5, 0.6) is 0 Å². The topological polar surface area (TPSA) is 123 Å². The Morgan fingerprint density at radius 1 is 1.00 bits per heavy atom. The van der Waals surface area contributed by atoms with Gasteiger partial charge in [-0.3, -0.25) is 9.59 Å². The molecule has 6 heteroatoms. The van der Waals surface area contributed by atoms with Crippen molar-refractivity contribution in [1.82, 2.24) is 0 Å². The van der Waals surface area contributed by atoms with Gasteiger partial charge in [0.25, 0.3) is 0 Å². The standard InChI is InChI=1S/C9H8N2O4/c10-7(12)4-1-2-5(9(14)15)6(3-4)8(11)13/h1-3H,(H2,10,12)(H2,11,13)(H,14,15).